The molecule has 0 saturated carbocycles. The summed E-state index contributed by atoms with van der Waals surface area (Å²) in [5.74, 6) is 0.471. The second-order valence-corrected chi connectivity index (χ2v) is 3.51. The van der Waals surface area contributed by atoms with E-state index in [1.54, 1.807) is 0 Å². The summed E-state index contributed by atoms with van der Waals surface area (Å²) in [7, 11) is 0. The average molecular weight is 188 g/mol. The van der Waals surface area contributed by atoms with Crippen LogP contribution in [-0.2, 0) is 0 Å². The first-order valence-corrected chi connectivity index (χ1v) is 4.75. The SMILES string of the molecule is CCNC(=O)N[C@@H](CO)CC(C)C. The minimum atomic E-state index is -0.206. The summed E-state index contributed by atoms with van der Waals surface area (Å²) in [5.41, 5.74) is 0. The Hall–Kier alpha value is -0.770. The molecule has 4 heteroatoms. The molecule has 0 aliphatic carbocycles. The number of aliphatic hydroxyl groups is 1. The monoisotopic (exact) mass is 188 g/mol. The van der Waals surface area contributed by atoms with Crippen molar-refractivity contribution in [2.45, 2.75) is 33.2 Å². The summed E-state index contributed by atoms with van der Waals surface area (Å²) < 4.78 is 0. The van der Waals surface area contributed by atoms with Gasteiger partial charge >= 0.3 is 6.03 Å². The van der Waals surface area contributed by atoms with Crippen LogP contribution in [0.4, 0.5) is 4.79 Å². The van der Waals surface area contributed by atoms with E-state index in [1.807, 2.05) is 6.92 Å². The molecule has 0 heterocycles. The van der Waals surface area contributed by atoms with Crippen LogP contribution in [0.2, 0.25) is 0 Å². The number of nitrogens with one attached hydrogen (secondary N) is 2. The summed E-state index contributed by atoms with van der Waals surface area (Å²) in [6.45, 7) is 6.57. The van der Waals surface area contributed by atoms with Gasteiger partial charge in [-0.3, -0.25) is 0 Å². The highest BCUT2D eigenvalue weighted by atomic mass is 16.3. The average Bonchev–Trinajstić information content (AvgIpc) is 2.02. The minimum absolute atomic E-state index is 0.00465. The number of amides is 2. The fraction of sp³-hybridized carbons (Fsp3) is 0.889. The molecule has 0 saturated heterocycles. The fourth-order valence-electron chi connectivity index (χ4n) is 1.15. The van der Waals surface area contributed by atoms with E-state index in [1.165, 1.54) is 0 Å². The Labute approximate surface area is 79.7 Å². The minimum Gasteiger partial charge on any atom is -0.394 e. The number of aliphatic hydroxyl groups excluding tert-OH is 1. The van der Waals surface area contributed by atoms with Crippen molar-refractivity contribution in [3.63, 3.8) is 0 Å². The van der Waals surface area contributed by atoms with Gasteiger partial charge in [-0.2, -0.15) is 0 Å². The van der Waals surface area contributed by atoms with Crippen molar-refractivity contribution in [1.29, 1.82) is 0 Å². The highest BCUT2D eigenvalue weighted by Gasteiger charge is 2.11. The standard InChI is InChI=1S/C9H20N2O2/c1-4-10-9(13)11-8(6-12)5-7(2)3/h7-8,12H,4-6H2,1-3H3,(H2,10,11,13)/t8-/m1/s1. The third-order valence-corrected chi connectivity index (χ3v) is 1.65. The van der Waals surface area contributed by atoms with Crippen LogP contribution in [0, 0.1) is 5.92 Å². The van der Waals surface area contributed by atoms with Gasteiger partial charge in [0.2, 0.25) is 0 Å². The van der Waals surface area contributed by atoms with E-state index in [0.717, 1.165) is 6.42 Å². The van der Waals surface area contributed by atoms with Gasteiger partial charge in [0, 0.05) is 6.54 Å². The van der Waals surface area contributed by atoms with Crippen molar-refractivity contribution in [3.05, 3.63) is 0 Å². The Balaban J connectivity index is 3.76. The molecule has 13 heavy (non-hydrogen) atoms. The molecular weight excluding hydrogens is 168 g/mol. The number of hydrogen-bond donors (Lipinski definition) is 3. The number of carbonyl (C=O) groups excluding carboxylic acids is 1. The van der Waals surface area contributed by atoms with Crippen LogP contribution in [-0.4, -0.2) is 30.3 Å². The van der Waals surface area contributed by atoms with E-state index in [2.05, 4.69) is 24.5 Å². The molecule has 0 aromatic rings. The molecule has 0 fully saturated rings. The van der Waals surface area contributed by atoms with E-state index in [9.17, 15) is 4.79 Å². The van der Waals surface area contributed by atoms with Gasteiger partial charge in [0.25, 0.3) is 0 Å². The number of carbonyl (C=O) groups is 1. The van der Waals surface area contributed by atoms with Crippen LogP contribution < -0.4 is 10.6 Å². The maximum Gasteiger partial charge on any atom is 0.315 e. The molecule has 3 N–H and O–H groups in total. The Morgan fingerprint density at radius 2 is 2.08 bits per heavy atom. The van der Waals surface area contributed by atoms with Crippen LogP contribution in [0.15, 0.2) is 0 Å². The summed E-state index contributed by atoms with van der Waals surface area (Å²) in [4.78, 5) is 11.1. The first-order valence-electron chi connectivity index (χ1n) is 4.75. The third-order valence-electron chi connectivity index (χ3n) is 1.65. The zero-order valence-corrected chi connectivity index (χ0v) is 8.63. The Morgan fingerprint density at radius 3 is 2.46 bits per heavy atom. The fourth-order valence-corrected chi connectivity index (χ4v) is 1.15. The van der Waals surface area contributed by atoms with Gasteiger partial charge in [0.1, 0.15) is 0 Å². The number of rotatable bonds is 5. The van der Waals surface area contributed by atoms with E-state index < -0.39 is 0 Å². The van der Waals surface area contributed by atoms with Crippen LogP contribution in [0.1, 0.15) is 27.2 Å². The van der Waals surface area contributed by atoms with E-state index >= 15 is 0 Å². The Bertz CT molecular complexity index is 149. The van der Waals surface area contributed by atoms with E-state index in [-0.39, 0.29) is 18.7 Å². The van der Waals surface area contributed by atoms with Gasteiger partial charge in [-0.25, -0.2) is 4.79 Å². The van der Waals surface area contributed by atoms with E-state index in [0.29, 0.717) is 12.5 Å². The molecule has 0 unspecified atom stereocenters. The summed E-state index contributed by atoms with van der Waals surface area (Å²) in [6.07, 6.45) is 0.799. The number of urea groups is 1. The van der Waals surface area contributed by atoms with Crippen molar-refractivity contribution < 1.29 is 9.90 Å². The van der Waals surface area contributed by atoms with Crippen molar-refractivity contribution in [2.24, 2.45) is 5.92 Å². The van der Waals surface area contributed by atoms with Crippen LogP contribution in [0.3, 0.4) is 0 Å². The molecule has 0 rings (SSSR count). The van der Waals surface area contributed by atoms with Gasteiger partial charge in [-0.15, -0.1) is 0 Å². The van der Waals surface area contributed by atoms with Crippen molar-refractivity contribution in [1.82, 2.24) is 10.6 Å². The third kappa shape index (κ3) is 6.40. The first-order chi connectivity index (χ1) is 6.10. The lowest BCUT2D eigenvalue weighted by atomic mass is 10.0. The lowest BCUT2D eigenvalue weighted by Gasteiger charge is -2.18. The molecule has 0 aliphatic heterocycles. The van der Waals surface area contributed by atoms with Gasteiger partial charge in [-0.05, 0) is 19.3 Å². The van der Waals surface area contributed by atoms with Crippen LogP contribution in [0.5, 0.6) is 0 Å². The Morgan fingerprint density at radius 1 is 1.46 bits per heavy atom. The van der Waals surface area contributed by atoms with E-state index in [4.69, 9.17) is 5.11 Å². The molecule has 0 aromatic carbocycles. The smallest absolute Gasteiger partial charge is 0.315 e. The van der Waals surface area contributed by atoms with Gasteiger partial charge in [0.15, 0.2) is 0 Å². The van der Waals surface area contributed by atoms with Gasteiger partial charge < -0.3 is 15.7 Å². The molecule has 0 radical (unpaired) electrons. The molecule has 0 aliphatic rings. The zero-order valence-electron chi connectivity index (χ0n) is 8.63. The molecule has 1 atom stereocenters. The molecule has 0 aromatic heterocycles. The second kappa shape index (κ2) is 6.71. The molecule has 0 spiro atoms. The zero-order chi connectivity index (χ0) is 10.3. The largest absolute Gasteiger partial charge is 0.394 e. The summed E-state index contributed by atoms with van der Waals surface area (Å²) in [6, 6.07) is -0.339. The van der Waals surface area contributed by atoms with Crippen molar-refractivity contribution in [2.75, 3.05) is 13.2 Å². The molecular formula is C9H20N2O2. The van der Waals surface area contributed by atoms with Crippen LogP contribution in [0.25, 0.3) is 0 Å². The molecule has 2 amide bonds. The predicted molar refractivity (Wildman–Crippen MR) is 52.5 cm³/mol. The van der Waals surface area contributed by atoms with Gasteiger partial charge in [-0.1, -0.05) is 13.8 Å². The quantitative estimate of drug-likeness (QED) is 0.595. The Kier molecular flexibility index (Phi) is 6.32. The highest BCUT2D eigenvalue weighted by Crippen LogP contribution is 2.03. The maximum absolute atomic E-state index is 11.1. The maximum atomic E-state index is 11.1. The van der Waals surface area contributed by atoms with Gasteiger partial charge in [0.05, 0.1) is 12.6 Å². The molecule has 0 bridgehead atoms. The molecule has 78 valence electrons. The predicted octanol–water partition coefficient (Wildman–Crippen LogP) is 0.712. The van der Waals surface area contributed by atoms with Crippen molar-refractivity contribution >= 4 is 6.03 Å². The first kappa shape index (κ1) is 12.2. The normalized spacial score (nSPS) is 12.7. The molecule has 4 nitrogen and oxygen atoms in total. The summed E-state index contributed by atoms with van der Waals surface area (Å²) in [5, 5.41) is 14.3. The lowest BCUT2D eigenvalue weighted by Crippen LogP contribution is -2.44. The lowest BCUT2D eigenvalue weighted by molar-refractivity contribution is 0.207. The van der Waals surface area contributed by atoms with Crippen LogP contribution >= 0.6 is 0 Å². The van der Waals surface area contributed by atoms with Crippen molar-refractivity contribution in [3.8, 4) is 0 Å². The highest BCUT2D eigenvalue weighted by molar-refractivity contribution is 5.74. The number of hydrogen-bond acceptors (Lipinski definition) is 2. The topological polar surface area (TPSA) is 61.4 Å². The second-order valence-electron chi connectivity index (χ2n) is 3.51. The summed E-state index contributed by atoms with van der Waals surface area (Å²) >= 11 is 0.